The van der Waals surface area contributed by atoms with E-state index in [4.69, 9.17) is 4.74 Å². The number of ketones is 2. The van der Waals surface area contributed by atoms with Gasteiger partial charge < -0.3 is 9.84 Å². The maximum Gasteiger partial charge on any atom is 0.233 e. The molecule has 1 N–H and O–H groups in total. The van der Waals surface area contributed by atoms with E-state index in [1.165, 1.54) is 19.3 Å². The number of allylic oxidation sites excluding steroid dienone is 4. The van der Waals surface area contributed by atoms with Crippen LogP contribution in [-0.4, -0.2) is 46.5 Å². The molecular weight excluding hydrogens is 602 g/mol. The molecule has 3 aromatic carbocycles. The van der Waals surface area contributed by atoms with Crippen LogP contribution in [0.15, 0.2) is 96.6 Å². The Labute approximate surface area is 280 Å². The molecule has 48 heavy (non-hydrogen) atoms. The van der Waals surface area contributed by atoms with Crippen molar-refractivity contribution in [2.75, 3.05) is 7.11 Å². The average molecular weight is 642 g/mol. The minimum Gasteiger partial charge on any atom is -0.508 e. The zero-order valence-electron chi connectivity index (χ0n) is 27.0. The average Bonchev–Trinajstić information content (AvgIpc) is 3.39. The highest BCUT2D eigenvalue weighted by atomic mass is 16.5. The fraction of sp³-hybridized carbons (Fsp3) is 0.366. The first kappa shape index (κ1) is 30.5. The van der Waals surface area contributed by atoms with Gasteiger partial charge in [0.15, 0.2) is 11.6 Å². The molecule has 0 aromatic heterocycles. The van der Waals surface area contributed by atoms with E-state index in [-0.39, 0.29) is 41.6 Å². The number of rotatable bonds is 5. The number of carbonyl (C=O) groups excluding carboxylic acids is 4. The molecule has 7 nitrogen and oxygen atoms in total. The van der Waals surface area contributed by atoms with Gasteiger partial charge in [-0.1, -0.05) is 97.6 Å². The molecule has 1 heterocycles. The van der Waals surface area contributed by atoms with Gasteiger partial charge in [-0.05, 0) is 54.9 Å². The molecule has 7 heteroatoms. The Hall–Kier alpha value is -4.78. The number of amides is 2. The number of imide groups is 1. The van der Waals surface area contributed by atoms with Crippen LogP contribution in [0.5, 0.6) is 11.5 Å². The van der Waals surface area contributed by atoms with E-state index in [0.717, 1.165) is 43.2 Å². The molecule has 244 valence electrons. The Bertz CT molecular complexity index is 1870. The number of phenolic OH excluding ortho intramolecular Hbond substituents is 1. The summed E-state index contributed by atoms with van der Waals surface area (Å²) in [4.78, 5) is 60.3. The molecule has 1 saturated heterocycles. The Morgan fingerprint density at radius 3 is 2.25 bits per heavy atom. The van der Waals surface area contributed by atoms with Gasteiger partial charge in [0.2, 0.25) is 11.8 Å². The quantitative estimate of drug-likeness (QED) is 0.250. The third-order valence-electron chi connectivity index (χ3n) is 11.9. The van der Waals surface area contributed by atoms with Crippen molar-refractivity contribution in [3.05, 3.63) is 113 Å². The molecule has 2 saturated carbocycles. The van der Waals surface area contributed by atoms with Gasteiger partial charge in [-0.2, -0.15) is 0 Å². The predicted molar refractivity (Wildman–Crippen MR) is 180 cm³/mol. The number of benzene rings is 3. The van der Waals surface area contributed by atoms with Crippen molar-refractivity contribution >= 4 is 29.0 Å². The summed E-state index contributed by atoms with van der Waals surface area (Å²) in [6, 6.07) is 23.6. The van der Waals surface area contributed by atoms with Gasteiger partial charge in [-0.15, -0.1) is 0 Å². The molecule has 5 aliphatic rings. The predicted octanol–water partition coefficient (Wildman–Crippen LogP) is 6.56. The molecule has 3 aromatic rings. The van der Waals surface area contributed by atoms with Crippen molar-refractivity contribution in [3.63, 3.8) is 0 Å². The lowest BCUT2D eigenvalue weighted by Gasteiger charge is -2.55. The molecule has 2 amide bonds. The molecule has 6 atom stereocenters. The van der Waals surface area contributed by atoms with E-state index in [1.807, 2.05) is 60.7 Å². The lowest BCUT2D eigenvalue weighted by molar-refractivity contribution is -0.144. The van der Waals surface area contributed by atoms with Crippen LogP contribution in [0.1, 0.15) is 67.6 Å². The van der Waals surface area contributed by atoms with Gasteiger partial charge in [-0.3, -0.25) is 24.1 Å². The first-order valence-electron chi connectivity index (χ1n) is 17.2. The van der Waals surface area contributed by atoms with Gasteiger partial charge >= 0.3 is 0 Å². The maximum absolute atomic E-state index is 15.1. The number of Topliss-reactive ketones (excluding diaryl/α,β-unsaturated/α-hetero) is 1. The summed E-state index contributed by atoms with van der Waals surface area (Å²) in [6.07, 6.45) is 9.02. The van der Waals surface area contributed by atoms with E-state index in [1.54, 1.807) is 17.0 Å². The first-order valence-corrected chi connectivity index (χ1v) is 17.2. The van der Waals surface area contributed by atoms with Gasteiger partial charge in [-0.25, -0.2) is 0 Å². The van der Waals surface area contributed by atoms with Crippen LogP contribution < -0.4 is 4.74 Å². The van der Waals surface area contributed by atoms with E-state index in [2.05, 4.69) is 6.08 Å². The molecule has 1 aliphatic heterocycles. The molecule has 6 unspecified atom stereocenters. The second-order valence-corrected chi connectivity index (χ2v) is 14.1. The number of phenols is 1. The Balaban J connectivity index is 1.36. The second-order valence-electron chi connectivity index (χ2n) is 14.1. The maximum atomic E-state index is 15.1. The van der Waals surface area contributed by atoms with E-state index in [0.29, 0.717) is 28.9 Å². The lowest BCUT2D eigenvalue weighted by Crippen LogP contribution is -2.59. The van der Waals surface area contributed by atoms with Crippen molar-refractivity contribution in [1.82, 2.24) is 4.90 Å². The number of methoxy groups -OCH3 is 1. The minimum absolute atomic E-state index is 0.0166. The fourth-order valence-corrected chi connectivity index (χ4v) is 9.88. The Morgan fingerprint density at radius 1 is 0.833 bits per heavy atom. The topological polar surface area (TPSA) is 101 Å². The van der Waals surface area contributed by atoms with Crippen LogP contribution in [0.25, 0.3) is 5.57 Å². The molecule has 4 aliphatic carbocycles. The van der Waals surface area contributed by atoms with Gasteiger partial charge in [0, 0.05) is 35.1 Å². The smallest absolute Gasteiger partial charge is 0.233 e. The SMILES string of the molecule is COc1cc(O)ccc1C1C2=CCC3C(=O)N(C4CCCCC4)C(=O)C3C2CC2C(=O)C(c3ccccc3)=CC(=O)C21c1ccccc1. The van der Waals surface area contributed by atoms with E-state index < -0.39 is 35.0 Å². The third-order valence-corrected chi connectivity index (χ3v) is 11.9. The fourth-order valence-electron chi connectivity index (χ4n) is 9.88. The lowest BCUT2D eigenvalue weighted by atomic mass is 9.44. The minimum atomic E-state index is -1.34. The van der Waals surface area contributed by atoms with Crippen LogP contribution in [0.4, 0.5) is 0 Å². The van der Waals surface area contributed by atoms with Crippen LogP contribution in [0.3, 0.4) is 0 Å². The molecular formula is C41H39NO6. The number of ether oxygens (including phenoxy) is 1. The molecule has 8 rings (SSSR count). The Kier molecular flexibility index (Phi) is 7.46. The van der Waals surface area contributed by atoms with Crippen molar-refractivity contribution in [3.8, 4) is 11.5 Å². The summed E-state index contributed by atoms with van der Waals surface area (Å²) in [5, 5.41) is 10.5. The van der Waals surface area contributed by atoms with Gasteiger partial charge in [0.25, 0.3) is 0 Å². The zero-order chi connectivity index (χ0) is 33.2. The number of hydrogen-bond donors (Lipinski definition) is 1. The molecule has 0 radical (unpaired) electrons. The van der Waals surface area contributed by atoms with Crippen LogP contribution in [0, 0.1) is 23.7 Å². The monoisotopic (exact) mass is 641 g/mol. The summed E-state index contributed by atoms with van der Waals surface area (Å²) in [6.45, 7) is 0. The molecule has 0 spiro atoms. The highest BCUT2D eigenvalue weighted by Gasteiger charge is 2.66. The van der Waals surface area contributed by atoms with Crippen LogP contribution in [0.2, 0.25) is 0 Å². The largest absolute Gasteiger partial charge is 0.508 e. The highest BCUT2D eigenvalue weighted by molar-refractivity contribution is 6.31. The van der Waals surface area contributed by atoms with E-state index in [9.17, 15) is 14.7 Å². The summed E-state index contributed by atoms with van der Waals surface area (Å²) in [5.74, 6) is -3.16. The first-order chi connectivity index (χ1) is 23.4. The summed E-state index contributed by atoms with van der Waals surface area (Å²) in [5.41, 5.74) is 1.98. The van der Waals surface area contributed by atoms with Crippen LogP contribution >= 0.6 is 0 Å². The highest BCUT2D eigenvalue weighted by Crippen LogP contribution is 2.64. The molecule has 3 fully saturated rings. The number of fused-ring (bicyclic) bond motifs is 4. The second kappa shape index (κ2) is 11.7. The normalized spacial score (nSPS) is 30.3. The summed E-state index contributed by atoms with van der Waals surface area (Å²) >= 11 is 0. The number of nitrogens with zero attached hydrogens (tertiary/aromatic N) is 1. The number of likely N-dealkylation sites (tertiary alicyclic amines) is 1. The van der Waals surface area contributed by atoms with Crippen molar-refractivity contribution in [1.29, 1.82) is 0 Å². The zero-order valence-corrected chi connectivity index (χ0v) is 27.0. The number of carbonyl (C=O) groups is 4. The van der Waals surface area contributed by atoms with Crippen molar-refractivity contribution in [2.24, 2.45) is 23.7 Å². The number of hydrogen-bond acceptors (Lipinski definition) is 6. The van der Waals surface area contributed by atoms with Gasteiger partial charge in [0.1, 0.15) is 11.5 Å². The van der Waals surface area contributed by atoms with Crippen molar-refractivity contribution in [2.45, 2.75) is 62.3 Å². The standard InChI is InChI=1S/C41H39NO6/c1-48-34-21-27(43)17-18-29(34)37-28-19-20-30-36(40(47)42(39(30)46)26-15-9-4-10-16-26)32(28)22-33-38(45)31(24-11-5-2-6-12-24)23-35(44)41(33,37)25-13-7-3-8-14-25/h2-3,5-8,11-14,17-19,21,23,26,30,32-33,36-37,43H,4,9-10,15-16,20,22H2,1H3. The van der Waals surface area contributed by atoms with Gasteiger partial charge in [0.05, 0.1) is 24.4 Å². The summed E-state index contributed by atoms with van der Waals surface area (Å²) in [7, 11) is 1.53. The van der Waals surface area contributed by atoms with E-state index >= 15 is 9.59 Å². The Morgan fingerprint density at radius 2 is 1.54 bits per heavy atom. The summed E-state index contributed by atoms with van der Waals surface area (Å²) < 4.78 is 5.87. The molecule has 0 bridgehead atoms. The number of aromatic hydroxyl groups is 1. The van der Waals surface area contributed by atoms with Crippen LogP contribution in [-0.2, 0) is 24.6 Å². The van der Waals surface area contributed by atoms with Crippen molar-refractivity contribution < 1.29 is 29.0 Å². The third kappa shape index (κ3) is 4.39.